The molecule has 2 N–H and O–H groups in total. The van der Waals surface area contributed by atoms with Gasteiger partial charge in [0.2, 0.25) is 5.88 Å². The number of aromatic nitrogens is 1. The van der Waals surface area contributed by atoms with Crippen molar-refractivity contribution < 1.29 is 9.47 Å². The van der Waals surface area contributed by atoms with Gasteiger partial charge in [-0.05, 0) is 30.5 Å². The summed E-state index contributed by atoms with van der Waals surface area (Å²) < 4.78 is 10.5. The fourth-order valence-corrected chi connectivity index (χ4v) is 2.46. The molecule has 0 unspecified atom stereocenters. The third-order valence-electron chi connectivity index (χ3n) is 3.81. The topological polar surface area (TPSA) is 67.8 Å². The minimum absolute atomic E-state index is 0. The molecule has 142 valence electrons. The van der Waals surface area contributed by atoms with Gasteiger partial charge in [0.1, 0.15) is 5.75 Å². The molecule has 26 heavy (non-hydrogen) atoms. The predicted octanol–water partition coefficient (Wildman–Crippen LogP) is 2.93. The maximum Gasteiger partial charge on any atom is 0.212 e. The largest absolute Gasteiger partial charge is 0.496 e. The maximum absolute atomic E-state index is 5.42. The number of methoxy groups -OCH3 is 2. The van der Waals surface area contributed by atoms with E-state index >= 15 is 0 Å². The number of hydrogen-bond acceptors (Lipinski definition) is 4. The highest BCUT2D eigenvalue weighted by Crippen LogP contribution is 2.19. The Kier molecular flexibility index (Phi) is 9.79. The first-order valence-corrected chi connectivity index (χ1v) is 8.23. The highest BCUT2D eigenvalue weighted by atomic mass is 127. The van der Waals surface area contributed by atoms with Crippen molar-refractivity contribution >= 4 is 29.9 Å². The summed E-state index contributed by atoms with van der Waals surface area (Å²) in [6.45, 7) is 3.49. The zero-order valence-corrected chi connectivity index (χ0v) is 18.0. The van der Waals surface area contributed by atoms with E-state index in [4.69, 9.17) is 9.47 Å². The van der Waals surface area contributed by atoms with Crippen molar-refractivity contribution in [2.75, 3.05) is 27.8 Å². The van der Waals surface area contributed by atoms with Crippen LogP contribution < -0.4 is 20.1 Å². The monoisotopic (exact) mass is 470 g/mol. The van der Waals surface area contributed by atoms with Crippen molar-refractivity contribution in [3.63, 3.8) is 0 Å². The number of hydrogen-bond donors (Lipinski definition) is 2. The van der Waals surface area contributed by atoms with Gasteiger partial charge in [-0.2, -0.15) is 0 Å². The fourth-order valence-electron chi connectivity index (χ4n) is 2.46. The molecule has 0 saturated heterocycles. The normalized spacial score (nSPS) is 10.7. The lowest BCUT2D eigenvalue weighted by atomic mass is 10.1. The molecule has 0 spiro atoms. The molecule has 0 saturated carbocycles. The van der Waals surface area contributed by atoms with Gasteiger partial charge in [-0.15, -0.1) is 24.0 Å². The van der Waals surface area contributed by atoms with Gasteiger partial charge in [0, 0.05) is 32.4 Å². The number of nitrogens with zero attached hydrogens (tertiary/aromatic N) is 2. The molecule has 2 aromatic rings. The fraction of sp³-hybridized carbons (Fsp3) is 0.368. The van der Waals surface area contributed by atoms with Crippen LogP contribution in [-0.4, -0.2) is 38.8 Å². The molecule has 1 aromatic heterocycles. The number of ether oxygens (including phenoxy) is 2. The highest BCUT2D eigenvalue weighted by molar-refractivity contribution is 14.0. The summed E-state index contributed by atoms with van der Waals surface area (Å²) in [7, 11) is 5.06. The number of rotatable bonds is 7. The van der Waals surface area contributed by atoms with E-state index in [1.165, 1.54) is 11.1 Å². The Labute approximate surface area is 172 Å². The predicted molar refractivity (Wildman–Crippen MR) is 116 cm³/mol. The van der Waals surface area contributed by atoms with Gasteiger partial charge in [0.15, 0.2) is 5.96 Å². The molecule has 7 heteroatoms. The second-order valence-electron chi connectivity index (χ2n) is 5.63. The summed E-state index contributed by atoms with van der Waals surface area (Å²) >= 11 is 0. The van der Waals surface area contributed by atoms with Crippen LogP contribution in [0.3, 0.4) is 0 Å². The van der Waals surface area contributed by atoms with Crippen molar-refractivity contribution in [2.24, 2.45) is 4.99 Å². The molecule has 1 aromatic carbocycles. The first kappa shape index (κ1) is 22.0. The number of halogens is 1. The SMILES string of the molecule is CN=C(NCCc1cc(C)ccc1OC)NCc1ccc(OC)nc1.I. The van der Waals surface area contributed by atoms with Gasteiger partial charge in [0.25, 0.3) is 0 Å². The Morgan fingerprint density at radius 3 is 2.54 bits per heavy atom. The summed E-state index contributed by atoms with van der Waals surface area (Å²) in [6.07, 6.45) is 2.65. The van der Waals surface area contributed by atoms with Crippen LogP contribution >= 0.6 is 24.0 Å². The van der Waals surface area contributed by atoms with Gasteiger partial charge in [-0.3, -0.25) is 4.99 Å². The average molecular weight is 470 g/mol. The van der Waals surface area contributed by atoms with Gasteiger partial charge in [0.05, 0.1) is 14.2 Å². The van der Waals surface area contributed by atoms with Crippen LogP contribution in [0.4, 0.5) is 0 Å². The average Bonchev–Trinajstić information content (AvgIpc) is 2.65. The number of aliphatic imine (C=N–C) groups is 1. The molecule has 0 aliphatic carbocycles. The Balaban J connectivity index is 0.00000338. The van der Waals surface area contributed by atoms with Crippen LogP contribution in [-0.2, 0) is 13.0 Å². The zero-order valence-electron chi connectivity index (χ0n) is 15.7. The third kappa shape index (κ3) is 6.70. The van der Waals surface area contributed by atoms with E-state index in [0.29, 0.717) is 12.4 Å². The van der Waals surface area contributed by atoms with Crippen molar-refractivity contribution in [1.29, 1.82) is 0 Å². The van der Waals surface area contributed by atoms with Crippen LogP contribution in [0.1, 0.15) is 16.7 Å². The van der Waals surface area contributed by atoms with E-state index in [1.807, 2.05) is 18.2 Å². The van der Waals surface area contributed by atoms with Crippen LogP contribution in [0.5, 0.6) is 11.6 Å². The Morgan fingerprint density at radius 1 is 1.12 bits per heavy atom. The van der Waals surface area contributed by atoms with E-state index in [1.54, 1.807) is 27.5 Å². The molecule has 0 bridgehead atoms. The molecule has 0 fully saturated rings. The van der Waals surface area contributed by atoms with Gasteiger partial charge < -0.3 is 20.1 Å². The van der Waals surface area contributed by atoms with E-state index in [9.17, 15) is 0 Å². The number of aryl methyl sites for hydroxylation is 1. The van der Waals surface area contributed by atoms with Crippen molar-refractivity contribution in [3.05, 3.63) is 53.2 Å². The van der Waals surface area contributed by atoms with Crippen molar-refractivity contribution in [1.82, 2.24) is 15.6 Å². The first-order valence-electron chi connectivity index (χ1n) is 8.23. The molecule has 0 amide bonds. The van der Waals surface area contributed by atoms with Crippen molar-refractivity contribution in [2.45, 2.75) is 19.9 Å². The van der Waals surface area contributed by atoms with Crippen LogP contribution in [0.15, 0.2) is 41.5 Å². The van der Waals surface area contributed by atoms with Gasteiger partial charge in [-0.25, -0.2) is 4.98 Å². The lowest BCUT2D eigenvalue weighted by Gasteiger charge is -2.13. The van der Waals surface area contributed by atoms with Crippen LogP contribution in [0, 0.1) is 6.92 Å². The molecular weight excluding hydrogens is 443 g/mol. The minimum Gasteiger partial charge on any atom is -0.496 e. The molecule has 0 aliphatic heterocycles. The van der Waals surface area contributed by atoms with E-state index in [-0.39, 0.29) is 24.0 Å². The summed E-state index contributed by atoms with van der Waals surface area (Å²) in [6, 6.07) is 10.0. The lowest BCUT2D eigenvalue weighted by molar-refractivity contribution is 0.397. The summed E-state index contributed by atoms with van der Waals surface area (Å²) in [4.78, 5) is 8.44. The number of benzene rings is 1. The Bertz CT molecular complexity index is 705. The van der Waals surface area contributed by atoms with Crippen molar-refractivity contribution in [3.8, 4) is 11.6 Å². The second-order valence-corrected chi connectivity index (χ2v) is 5.63. The molecule has 2 rings (SSSR count). The van der Waals surface area contributed by atoms with E-state index < -0.39 is 0 Å². The maximum atomic E-state index is 5.42. The summed E-state index contributed by atoms with van der Waals surface area (Å²) in [5, 5.41) is 6.60. The van der Waals surface area contributed by atoms with Crippen LogP contribution in [0.25, 0.3) is 0 Å². The first-order chi connectivity index (χ1) is 12.2. The molecular formula is C19H27IN4O2. The van der Waals surface area contributed by atoms with Gasteiger partial charge in [-0.1, -0.05) is 23.8 Å². The van der Waals surface area contributed by atoms with Crippen LogP contribution in [0.2, 0.25) is 0 Å². The molecule has 6 nitrogen and oxygen atoms in total. The number of pyridine rings is 1. The molecule has 0 aliphatic rings. The number of nitrogens with one attached hydrogen (secondary N) is 2. The lowest BCUT2D eigenvalue weighted by Crippen LogP contribution is -2.37. The quantitative estimate of drug-likeness (QED) is 0.370. The smallest absolute Gasteiger partial charge is 0.212 e. The Hall–Kier alpha value is -2.03. The summed E-state index contributed by atoms with van der Waals surface area (Å²) in [5.41, 5.74) is 3.47. The van der Waals surface area contributed by atoms with E-state index in [0.717, 1.165) is 30.2 Å². The minimum atomic E-state index is 0. The third-order valence-corrected chi connectivity index (χ3v) is 3.81. The second kappa shape index (κ2) is 11.6. The molecule has 0 radical (unpaired) electrons. The van der Waals surface area contributed by atoms with Gasteiger partial charge >= 0.3 is 0 Å². The zero-order chi connectivity index (χ0) is 18.1. The standard InChI is InChI=1S/C19H26N4O2.HI/c1-14-5-7-17(24-3)16(11-14)9-10-21-19(20-2)23-13-15-6-8-18(25-4)22-12-15;/h5-8,11-12H,9-10,13H2,1-4H3,(H2,20,21,23);1H. The molecule has 0 atom stereocenters. The molecule has 1 heterocycles. The summed E-state index contributed by atoms with van der Waals surface area (Å²) in [5.74, 6) is 2.28. The highest BCUT2D eigenvalue weighted by Gasteiger charge is 2.04. The van der Waals surface area contributed by atoms with E-state index in [2.05, 4.69) is 39.7 Å². The number of guanidine groups is 1. The Morgan fingerprint density at radius 2 is 1.92 bits per heavy atom.